The highest BCUT2D eigenvalue weighted by Gasteiger charge is 2.25. The minimum absolute atomic E-state index is 0.0816. The van der Waals surface area contributed by atoms with E-state index < -0.39 is 0 Å². The van der Waals surface area contributed by atoms with Crippen LogP contribution in [0.1, 0.15) is 52.1 Å². The molecule has 1 fully saturated rings. The summed E-state index contributed by atoms with van der Waals surface area (Å²) in [6.45, 7) is 5.98. The van der Waals surface area contributed by atoms with Crippen molar-refractivity contribution >= 4 is 72.6 Å². The molecule has 4 N–H and O–H groups in total. The maximum absolute atomic E-state index is 12.5. The predicted octanol–water partition coefficient (Wildman–Crippen LogP) is 5.74. The number of benzene rings is 2. The number of likely N-dealkylation sites (tertiary alicyclic amines) is 1. The number of halogens is 2. The van der Waals surface area contributed by atoms with E-state index in [0.717, 1.165) is 55.7 Å². The molecule has 0 aliphatic carbocycles. The maximum Gasteiger partial charge on any atom is 0.267 e. The number of anilines is 2. The van der Waals surface area contributed by atoms with Gasteiger partial charge in [0.1, 0.15) is 5.69 Å². The molecule has 6 rings (SSSR count). The van der Waals surface area contributed by atoms with Gasteiger partial charge in [0.15, 0.2) is 0 Å². The average Bonchev–Trinajstić information content (AvgIpc) is 3.70. The van der Waals surface area contributed by atoms with Crippen LogP contribution >= 0.6 is 31.9 Å². The Labute approximate surface area is 250 Å². The molecule has 1 saturated heterocycles. The van der Waals surface area contributed by atoms with Gasteiger partial charge in [0, 0.05) is 38.1 Å². The minimum atomic E-state index is -0.139. The van der Waals surface area contributed by atoms with E-state index in [1.807, 2.05) is 55.5 Å². The molecule has 208 valence electrons. The Morgan fingerprint density at radius 1 is 1.00 bits per heavy atom. The molecule has 3 aliphatic rings. The first-order valence-corrected chi connectivity index (χ1v) is 15.0. The highest BCUT2D eigenvalue weighted by atomic mass is 79.9. The molecule has 2 aromatic carbocycles. The molecule has 1 aromatic heterocycles. The van der Waals surface area contributed by atoms with Gasteiger partial charge in [0.2, 0.25) is 5.91 Å². The van der Waals surface area contributed by atoms with Crippen molar-refractivity contribution in [3.63, 3.8) is 0 Å². The summed E-state index contributed by atoms with van der Waals surface area (Å²) in [5, 5.41) is 8.63. The molecule has 8 nitrogen and oxygen atoms in total. The van der Waals surface area contributed by atoms with E-state index in [9.17, 15) is 14.4 Å². The number of H-pyrrole nitrogens is 1. The minimum Gasteiger partial charge on any atom is -0.351 e. The van der Waals surface area contributed by atoms with Gasteiger partial charge in [-0.05, 0) is 105 Å². The summed E-state index contributed by atoms with van der Waals surface area (Å²) in [4.78, 5) is 41.4. The number of nitrogens with one attached hydrogen (secondary N) is 4. The molecular weight excluding hydrogens is 638 g/mol. The summed E-state index contributed by atoms with van der Waals surface area (Å²) in [5.74, 6) is -0.170. The second-order valence-electron chi connectivity index (χ2n) is 10.2. The van der Waals surface area contributed by atoms with E-state index >= 15 is 0 Å². The van der Waals surface area contributed by atoms with Crippen LogP contribution in [0.15, 0.2) is 51.4 Å². The third kappa shape index (κ3) is 6.74. The van der Waals surface area contributed by atoms with Crippen LogP contribution in [0.5, 0.6) is 0 Å². The van der Waals surface area contributed by atoms with E-state index in [0.29, 0.717) is 24.2 Å². The first-order valence-electron chi connectivity index (χ1n) is 13.4. The smallest absolute Gasteiger partial charge is 0.267 e. The molecule has 4 heterocycles. The molecule has 0 spiro atoms. The largest absolute Gasteiger partial charge is 0.351 e. The van der Waals surface area contributed by atoms with Crippen LogP contribution in [-0.2, 0) is 16.0 Å². The van der Waals surface area contributed by atoms with Crippen LogP contribution < -0.4 is 16.0 Å². The lowest BCUT2D eigenvalue weighted by molar-refractivity contribution is -0.115. The van der Waals surface area contributed by atoms with Gasteiger partial charge in [-0.3, -0.25) is 14.4 Å². The normalized spacial score (nSPS) is 16.7. The first kappa shape index (κ1) is 28.3. The number of aromatic amines is 1. The van der Waals surface area contributed by atoms with Crippen LogP contribution in [0.4, 0.5) is 11.4 Å². The van der Waals surface area contributed by atoms with Crippen molar-refractivity contribution < 1.29 is 14.4 Å². The zero-order chi connectivity index (χ0) is 28.2. The maximum atomic E-state index is 12.5. The van der Waals surface area contributed by atoms with Gasteiger partial charge in [-0.2, -0.15) is 0 Å². The second-order valence-corrected chi connectivity index (χ2v) is 12.0. The number of rotatable bonds is 6. The number of nitrogens with zero attached hydrogens (tertiary/aromatic N) is 1. The number of amides is 3. The summed E-state index contributed by atoms with van der Waals surface area (Å²) in [7, 11) is 0. The Balaban J connectivity index is 0.000000244. The van der Waals surface area contributed by atoms with E-state index in [2.05, 4.69) is 57.7 Å². The molecule has 0 unspecified atom stereocenters. The molecule has 10 heteroatoms. The molecule has 40 heavy (non-hydrogen) atoms. The van der Waals surface area contributed by atoms with Gasteiger partial charge >= 0.3 is 0 Å². The lowest BCUT2D eigenvalue weighted by Crippen LogP contribution is -2.28. The number of hydrogen-bond donors (Lipinski definition) is 4. The summed E-state index contributed by atoms with van der Waals surface area (Å²) in [6, 6.07) is 13.3. The summed E-state index contributed by atoms with van der Waals surface area (Å²) < 4.78 is 1.93. The van der Waals surface area contributed by atoms with E-state index in [4.69, 9.17) is 0 Å². The molecule has 0 saturated carbocycles. The fourth-order valence-electron chi connectivity index (χ4n) is 5.10. The van der Waals surface area contributed by atoms with Gasteiger partial charge in [-0.25, -0.2) is 0 Å². The Kier molecular flexibility index (Phi) is 8.87. The van der Waals surface area contributed by atoms with Crippen LogP contribution in [0, 0.1) is 6.92 Å². The van der Waals surface area contributed by atoms with Crippen molar-refractivity contribution in [2.75, 3.05) is 36.8 Å². The Hall–Kier alpha value is -3.21. The molecule has 0 radical (unpaired) electrons. The van der Waals surface area contributed by atoms with Crippen LogP contribution in [0.2, 0.25) is 0 Å². The third-order valence-corrected chi connectivity index (χ3v) is 8.17. The number of fused-ring (bicyclic) bond motifs is 2. The molecule has 0 atom stereocenters. The second kappa shape index (κ2) is 12.5. The Morgan fingerprint density at radius 2 is 1.73 bits per heavy atom. The molecule has 3 aliphatic heterocycles. The first-order chi connectivity index (χ1) is 19.3. The SMILES string of the molecule is Cc1cc(C(=O)NCCCN2CCCC2)[nH]c1C=C1C(=O)Nc2ccc(Br)cc21.O=C1Cc2cc(Br)ccc2N1. The molecular formula is C30H31Br2N5O3. The fourth-order valence-corrected chi connectivity index (χ4v) is 5.87. The van der Waals surface area contributed by atoms with Gasteiger partial charge < -0.3 is 25.8 Å². The van der Waals surface area contributed by atoms with Crippen LogP contribution in [0.3, 0.4) is 0 Å². The number of carbonyl (C=O) groups excluding carboxylic acids is 3. The zero-order valence-corrected chi connectivity index (χ0v) is 25.4. The van der Waals surface area contributed by atoms with E-state index in [-0.39, 0.29) is 17.7 Å². The van der Waals surface area contributed by atoms with Crippen molar-refractivity contribution in [1.29, 1.82) is 0 Å². The molecule has 0 bridgehead atoms. The number of carbonyl (C=O) groups is 3. The van der Waals surface area contributed by atoms with Gasteiger partial charge in [-0.15, -0.1) is 0 Å². The van der Waals surface area contributed by atoms with Crippen molar-refractivity contribution in [2.45, 2.75) is 32.6 Å². The lowest BCUT2D eigenvalue weighted by atomic mass is 10.1. The quantitative estimate of drug-likeness (QED) is 0.199. The van der Waals surface area contributed by atoms with Crippen molar-refractivity contribution in [1.82, 2.24) is 15.2 Å². The average molecular weight is 669 g/mol. The summed E-state index contributed by atoms with van der Waals surface area (Å²) in [6.07, 6.45) is 5.84. The lowest BCUT2D eigenvalue weighted by Gasteiger charge is -2.14. The Bertz CT molecular complexity index is 1490. The van der Waals surface area contributed by atoms with E-state index in [1.54, 1.807) is 0 Å². The highest BCUT2D eigenvalue weighted by Crippen LogP contribution is 2.35. The summed E-state index contributed by atoms with van der Waals surface area (Å²) in [5.41, 5.74) is 6.46. The topological polar surface area (TPSA) is 106 Å². The third-order valence-electron chi connectivity index (χ3n) is 7.18. The Morgan fingerprint density at radius 3 is 2.50 bits per heavy atom. The van der Waals surface area contributed by atoms with Crippen LogP contribution in [0.25, 0.3) is 11.6 Å². The van der Waals surface area contributed by atoms with Gasteiger partial charge in [-0.1, -0.05) is 31.9 Å². The van der Waals surface area contributed by atoms with Crippen molar-refractivity contribution in [2.24, 2.45) is 0 Å². The highest BCUT2D eigenvalue weighted by molar-refractivity contribution is 9.10. The van der Waals surface area contributed by atoms with Crippen LogP contribution in [-0.4, -0.2) is 53.8 Å². The molecule has 3 amide bonds. The summed E-state index contributed by atoms with van der Waals surface area (Å²) >= 11 is 6.80. The van der Waals surface area contributed by atoms with Gasteiger partial charge in [0.05, 0.1) is 12.0 Å². The molecule has 3 aromatic rings. The monoisotopic (exact) mass is 667 g/mol. The van der Waals surface area contributed by atoms with Crippen molar-refractivity contribution in [3.05, 3.63) is 79.5 Å². The zero-order valence-electron chi connectivity index (χ0n) is 22.2. The van der Waals surface area contributed by atoms with E-state index in [1.165, 1.54) is 25.9 Å². The number of hydrogen-bond acceptors (Lipinski definition) is 4. The fraction of sp³-hybridized carbons (Fsp3) is 0.300. The standard InChI is InChI=1S/C22H25BrN4O2.C8H6BrNO/c1-14-11-20(22(29)24-7-4-10-27-8-2-3-9-27)25-19(14)13-17-16-12-15(23)5-6-18(16)26-21(17)28;9-6-1-2-7-5(3-6)4-8(11)10-7/h5-6,11-13,25H,2-4,7-10H2,1H3,(H,24,29)(H,26,28);1-3H,4H2,(H,10,11). The van der Waals surface area contributed by atoms with Gasteiger partial charge in [0.25, 0.3) is 11.8 Å². The predicted molar refractivity (Wildman–Crippen MR) is 165 cm³/mol. The number of aryl methyl sites for hydroxylation is 1. The van der Waals surface area contributed by atoms with Crippen molar-refractivity contribution in [3.8, 4) is 0 Å². The number of aromatic nitrogens is 1.